The van der Waals surface area contributed by atoms with Gasteiger partial charge in [-0.2, -0.15) is 0 Å². The second-order valence-electron chi connectivity index (χ2n) is 7.84. The van der Waals surface area contributed by atoms with Gasteiger partial charge >= 0.3 is 0 Å². The van der Waals surface area contributed by atoms with Crippen LogP contribution in [0.25, 0.3) is 0 Å². The van der Waals surface area contributed by atoms with Crippen LogP contribution < -0.4 is 5.32 Å². The zero-order valence-electron chi connectivity index (χ0n) is 15.4. The molecule has 27 heavy (non-hydrogen) atoms. The van der Waals surface area contributed by atoms with Crippen molar-refractivity contribution in [2.45, 2.75) is 55.9 Å². The number of carbonyl (C=O) groups is 3. The molecule has 1 unspecified atom stereocenters. The molecule has 3 aliphatic rings. The summed E-state index contributed by atoms with van der Waals surface area (Å²) >= 11 is 1.53. The van der Waals surface area contributed by atoms with E-state index in [1.165, 1.54) is 22.9 Å². The average Bonchev–Trinajstić information content (AvgIpc) is 3.36. The van der Waals surface area contributed by atoms with Crippen molar-refractivity contribution in [3.8, 4) is 0 Å². The van der Waals surface area contributed by atoms with Crippen molar-refractivity contribution in [2.24, 2.45) is 5.92 Å². The predicted molar refractivity (Wildman–Crippen MR) is 106 cm³/mol. The number of aryl methyl sites for hydroxylation is 1. The number of aldehydes is 1. The lowest BCUT2D eigenvalue weighted by Crippen LogP contribution is -2.51. The molecule has 0 saturated carbocycles. The highest BCUT2D eigenvalue weighted by Crippen LogP contribution is 2.32. The van der Waals surface area contributed by atoms with E-state index in [2.05, 4.69) is 29.6 Å². The minimum atomic E-state index is -0.487. The molecule has 2 heterocycles. The number of amides is 1. The standard InChI is InChI=1S/C21H26N2O3S/c24-12-17-6-3-9-23(17)21(26)19-20(27-13-22-19)18(25)11-14-7-8-15-4-1-2-5-16(15)10-14/h1-2,4-5,12,14,17,19-20,22H,3,6-11,13H2/t14-,17+,19+,20?/m1/s1. The topological polar surface area (TPSA) is 66.5 Å². The maximum atomic E-state index is 13.0. The van der Waals surface area contributed by atoms with E-state index >= 15 is 0 Å². The summed E-state index contributed by atoms with van der Waals surface area (Å²) in [6.45, 7) is 0.616. The number of hydrogen-bond acceptors (Lipinski definition) is 5. The van der Waals surface area contributed by atoms with Gasteiger partial charge in [-0.1, -0.05) is 24.3 Å². The second kappa shape index (κ2) is 8.15. The summed E-state index contributed by atoms with van der Waals surface area (Å²) in [5.41, 5.74) is 2.76. The molecule has 0 radical (unpaired) electrons. The van der Waals surface area contributed by atoms with Crippen molar-refractivity contribution in [2.75, 3.05) is 12.4 Å². The Hall–Kier alpha value is -1.66. The minimum Gasteiger partial charge on any atom is -0.332 e. The quantitative estimate of drug-likeness (QED) is 0.784. The summed E-state index contributed by atoms with van der Waals surface area (Å²) in [6, 6.07) is 7.67. The fourth-order valence-electron chi connectivity index (χ4n) is 4.66. The van der Waals surface area contributed by atoms with Crippen LogP contribution >= 0.6 is 11.8 Å². The third kappa shape index (κ3) is 3.83. The maximum Gasteiger partial charge on any atom is 0.241 e. The number of nitrogens with zero attached hydrogens (tertiary/aromatic N) is 1. The first-order valence-electron chi connectivity index (χ1n) is 9.87. The number of carbonyl (C=O) groups excluding carboxylic acids is 3. The van der Waals surface area contributed by atoms with Crippen molar-refractivity contribution < 1.29 is 14.4 Å². The first kappa shape index (κ1) is 18.7. The molecule has 4 rings (SSSR count). The Morgan fingerprint density at radius 1 is 1.22 bits per heavy atom. The normalized spacial score (nSPS) is 30.1. The smallest absolute Gasteiger partial charge is 0.241 e. The van der Waals surface area contributed by atoms with E-state index in [0.717, 1.165) is 38.4 Å². The van der Waals surface area contributed by atoms with Gasteiger partial charge in [-0.3, -0.25) is 14.9 Å². The second-order valence-corrected chi connectivity index (χ2v) is 8.97. The monoisotopic (exact) mass is 386 g/mol. The van der Waals surface area contributed by atoms with Gasteiger partial charge in [-0.05, 0) is 49.1 Å². The van der Waals surface area contributed by atoms with E-state index < -0.39 is 6.04 Å². The number of ketones is 1. The van der Waals surface area contributed by atoms with Gasteiger partial charge in [-0.25, -0.2) is 0 Å². The van der Waals surface area contributed by atoms with Crippen molar-refractivity contribution in [1.82, 2.24) is 10.2 Å². The molecule has 2 aliphatic heterocycles. The predicted octanol–water partition coefficient (Wildman–Crippen LogP) is 1.97. The van der Waals surface area contributed by atoms with Crippen molar-refractivity contribution in [3.63, 3.8) is 0 Å². The van der Waals surface area contributed by atoms with Crippen LogP contribution in [0.1, 0.15) is 36.8 Å². The van der Waals surface area contributed by atoms with Crippen LogP contribution in [0.2, 0.25) is 0 Å². The molecule has 1 amide bonds. The molecule has 0 spiro atoms. The molecule has 1 N–H and O–H groups in total. The Labute approximate surface area is 164 Å². The SMILES string of the molecule is O=C[C@@H]1CCCN1C(=O)[C@H]1NCSC1C(=O)C[C@@H]1CCc2ccccc2C1. The highest BCUT2D eigenvalue weighted by atomic mass is 32.2. The Morgan fingerprint density at radius 3 is 2.85 bits per heavy atom. The lowest BCUT2D eigenvalue weighted by Gasteiger charge is -2.28. The van der Waals surface area contributed by atoms with Gasteiger partial charge in [0.15, 0.2) is 0 Å². The maximum absolute atomic E-state index is 13.0. The highest BCUT2D eigenvalue weighted by Gasteiger charge is 2.43. The van der Waals surface area contributed by atoms with Gasteiger partial charge in [0.05, 0.1) is 11.3 Å². The van der Waals surface area contributed by atoms with Crippen LogP contribution in [0, 0.1) is 5.92 Å². The van der Waals surface area contributed by atoms with Crippen LogP contribution in [0.5, 0.6) is 0 Å². The molecule has 1 aromatic rings. The first-order chi connectivity index (χ1) is 13.2. The minimum absolute atomic E-state index is 0.0815. The summed E-state index contributed by atoms with van der Waals surface area (Å²) in [5, 5.41) is 2.87. The molecule has 0 aromatic heterocycles. The fourth-order valence-corrected chi connectivity index (χ4v) is 5.80. The summed E-state index contributed by atoms with van der Waals surface area (Å²) in [5.74, 6) is 1.07. The van der Waals surface area contributed by atoms with Gasteiger partial charge in [0, 0.05) is 18.8 Å². The van der Waals surface area contributed by atoms with Crippen molar-refractivity contribution in [1.29, 1.82) is 0 Å². The number of hydrogen-bond donors (Lipinski definition) is 1. The molecular formula is C21H26N2O3S. The number of Topliss-reactive ketones (excluding diaryl/α,β-unsaturated/α-hetero) is 1. The van der Waals surface area contributed by atoms with Crippen LogP contribution in [0.3, 0.4) is 0 Å². The van der Waals surface area contributed by atoms with Crippen molar-refractivity contribution >= 4 is 29.7 Å². The lowest BCUT2D eigenvalue weighted by atomic mass is 9.81. The Bertz CT molecular complexity index is 738. The largest absolute Gasteiger partial charge is 0.332 e. The zero-order valence-corrected chi connectivity index (χ0v) is 16.2. The number of likely N-dealkylation sites (tertiary alicyclic amines) is 1. The summed E-state index contributed by atoms with van der Waals surface area (Å²) in [6.07, 6.45) is 6.00. The highest BCUT2D eigenvalue weighted by molar-refractivity contribution is 8.00. The van der Waals surface area contributed by atoms with Crippen LogP contribution in [0.15, 0.2) is 24.3 Å². The third-order valence-corrected chi connectivity index (χ3v) is 7.36. The van der Waals surface area contributed by atoms with Gasteiger partial charge in [0.25, 0.3) is 0 Å². The van der Waals surface area contributed by atoms with E-state index in [-0.39, 0.29) is 23.0 Å². The van der Waals surface area contributed by atoms with Gasteiger partial charge in [-0.15, -0.1) is 11.8 Å². The van der Waals surface area contributed by atoms with Gasteiger partial charge in [0.1, 0.15) is 18.1 Å². The average molecular weight is 387 g/mol. The van der Waals surface area contributed by atoms with Crippen molar-refractivity contribution in [3.05, 3.63) is 35.4 Å². The molecule has 1 aliphatic carbocycles. The van der Waals surface area contributed by atoms with E-state index in [9.17, 15) is 14.4 Å². The molecule has 6 heteroatoms. The molecule has 144 valence electrons. The number of thioether (sulfide) groups is 1. The van der Waals surface area contributed by atoms with Gasteiger partial charge in [0.2, 0.25) is 5.91 Å². The van der Waals surface area contributed by atoms with E-state index in [1.807, 2.05) is 0 Å². The number of fused-ring (bicyclic) bond motifs is 1. The molecule has 2 fully saturated rings. The molecule has 2 saturated heterocycles. The third-order valence-electron chi connectivity index (χ3n) is 6.13. The first-order valence-corrected chi connectivity index (χ1v) is 10.9. The summed E-state index contributed by atoms with van der Waals surface area (Å²) in [7, 11) is 0. The molecule has 4 atom stereocenters. The zero-order chi connectivity index (χ0) is 18.8. The Morgan fingerprint density at radius 2 is 2.04 bits per heavy atom. The van der Waals surface area contributed by atoms with Crippen LogP contribution in [-0.2, 0) is 27.2 Å². The molecule has 1 aromatic carbocycles. The summed E-state index contributed by atoms with van der Waals surface area (Å²) < 4.78 is 0. The van der Waals surface area contributed by atoms with Crippen LogP contribution in [-0.4, -0.2) is 52.6 Å². The summed E-state index contributed by atoms with van der Waals surface area (Å²) in [4.78, 5) is 38.8. The van der Waals surface area contributed by atoms with E-state index in [1.54, 1.807) is 4.90 Å². The van der Waals surface area contributed by atoms with E-state index in [4.69, 9.17) is 0 Å². The lowest BCUT2D eigenvalue weighted by molar-refractivity contribution is -0.137. The molecule has 5 nitrogen and oxygen atoms in total. The Kier molecular flexibility index (Phi) is 5.64. The fraction of sp³-hybridized carbons (Fsp3) is 0.571. The van der Waals surface area contributed by atoms with Gasteiger partial charge < -0.3 is 9.69 Å². The number of nitrogens with one attached hydrogen (secondary N) is 1. The van der Waals surface area contributed by atoms with E-state index in [0.29, 0.717) is 24.8 Å². The van der Waals surface area contributed by atoms with Crippen LogP contribution in [0.4, 0.5) is 0 Å². The molecular weight excluding hydrogens is 360 g/mol. The Balaban J connectivity index is 1.39. The molecule has 0 bridgehead atoms. The number of rotatable bonds is 5. The number of benzene rings is 1.